The first kappa shape index (κ1) is 16.0. The van der Waals surface area contributed by atoms with E-state index in [1.165, 1.54) is 6.07 Å². The number of benzene rings is 1. The summed E-state index contributed by atoms with van der Waals surface area (Å²) >= 11 is 0. The molecular weight excluding hydrogens is 318 g/mol. The highest BCUT2D eigenvalue weighted by Gasteiger charge is 2.26. The number of hydrogen-bond acceptors (Lipinski definition) is 5. The summed E-state index contributed by atoms with van der Waals surface area (Å²) < 4.78 is 29.2. The third-order valence-corrected chi connectivity index (χ3v) is 4.86. The molecule has 0 aromatic heterocycles. The maximum Gasteiger partial charge on any atom is 0.271 e. The number of rotatable bonds is 4. The van der Waals surface area contributed by atoms with Crippen molar-refractivity contribution in [2.24, 2.45) is 0 Å². The van der Waals surface area contributed by atoms with Crippen molar-refractivity contribution >= 4 is 25.4 Å². The SMILES string of the molecule is Cc1cc([N+](=O)[O-])cc(S(=O)(=O)Cl)c1OC1CCCCC1. The van der Waals surface area contributed by atoms with Crippen LogP contribution in [0.25, 0.3) is 0 Å². The van der Waals surface area contributed by atoms with Crippen LogP contribution in [0, 0.1) is 17.0 Å². The fraction of sp³-hybridized carbons (Fsp3) is 0.538. The topological polar surface area (TPSA) is 86.5 Å². The zero-order chi connectivity index (χ0) is 15.6. The highest BCUT2D eigenvalue weighted by Crippen LogP contribution is 2.36. The minimum atomic E-state index is -4.12. The molecule has 1 aromatic rings. The van der Waals surface area contributed by atoms with E-state index in [-0.39, 0.29) is 22.4 Å². The van der Waals surface area contributed by atoms with Crippen LogP contribution in [0.15, 0.2) is 17.0 Å². The van der Waals surface area contributed by atoms with Crippen molar-refractivity contribution in [2.75, 3.05) is 0 Å². The fourth-order valence-electron chi connectivity index (χ4n) is 2.51. The van der Waals surface area contributed by atoms with Crippen LogP contribution in [0.5, 0.6) is 5.75 Å². The second-order valence-corrected chi connectivity index (χ2v) is 7.70. The third kappa shape index (κ3) is 3.85. The van der Waals surface area contributed by atoms with Crippen LogP contribution in [-0.4, -0.2) is 19.4 Å². The number of nitro groups is 1. The van der Waals surface area contributed by atoms with Crippen LogP contribution in [-0.2, 0) is 9.05 Å². The van der Waals surface area contributed by atoms with Gasteiger partial charge in [-0.1, -0.05) is 6.42 Å². The molecular formula is C13H16ClNO5S. The molecule has 0 N–H and O–H groups in total. The van der Waals surface area contributed by atoms with Crippen LogP contribution in [0.1, 0.15) is 37.7 Å². The van der Waals surface area contributed by atoms with Crippen molar-refractivity contribution in [3.63, 3.8) is 0 Å². The molecule has 0 amide bonds. The van der Waals surface area contributed by atoms with Crippen molar-refractivity contribution in [1.29, 1.82) is 0 Å². The predicted octanol–water partition coefficient (Wildman–Crippen LogP) is 3.54. The van der Waals surface area contributed by atoms with E-state index in [0.717, 1.165) is 38.2 Å². The molecule has 1 aromatic carbocycles. The van der Waals surface area contributed by atoms with E-state index < -0.39 is 14.0 Å². The van der Waals surface area contributed by atoms with Crippen LogP contribution < -0.4 is 4.74 Å². The number of nitro benzene ring substituents is 1. The standard InChI is InChI=1S/C13H16ClNO5S/c1-9-7-10(15(16)17)8-12(21(14,18)19)13(9)20-11-5-3-2-4-6-11/h7-8,11H,2-6H2,1H3. The van der Waals surface area contributed by atoms with Gasteiger partial charge in [0, 0.05) is 22.8 Å². The molecule has 0 atom stereocenters. The first-order valence-electron chi connectivity index (χ1n) is 6.69. The zero-order valence-electron chi connectivity index (χ0n) is 11.5. The largest absolute Gasteiger partial charge is 0.489 e. The molecule has 0 bridgehead atoms. The zero-order valence-corrected chi connectivity index (χ0v) is 13.1. The molecule has 21 heavy (non-hydrogen) atoms. The lowest BCUT2D eigenvalue weighted by Gasteiger charge is -2.24. The van der Waals surface area contributed by atoms with Crippen LogP contribution in [0.2, 0.25) is 0 Å². The molecule has 1 saturated carbocycles. The van der Waals surface area contributed by atoms with Gasteiger partial charge in [0.15, 0.2) is 0 Å². The smallest absolute Gasteiger partial charge is 0.271 e. The number of ether oxygens (including phenoxy) is 1. The quantitative estimate of drug-likeness (QED) is 0.478. The summed E-state index contributed by atoms with van der Waals surface area (Å²) in [6.45, 7) is 1.58. The van der Waals surface area contributed by atoms with Gasteiger partial charge >= 0.3 is 0 Å². The minimum absolute atomic E-state index is 0.0731. The van der Waals surface area contributed by atoms with E-state index in [1.807, 2.05) is 0 Å². The summed E-state index contributed by atoms with van der Waals surface area (Å²) in [5, 5.41) is 10.9. The average Bonchev–Trinajstić information content (AvgIpc) is 2.40. The van der Waals surface area contributed by atoms with Gasteiger partial charge in [0.25, 0.3) is 14.7 Å². The van der Waals surface area contributed by atoms with E-state index in [9.17, 15) is 18.5 Å². The lowest BCUT2D eigenvalue weighted by Crippen LogP contribution is -2.21. The molecule has 116 valence electrons. The van der Waals surface area contributed by atoms with Crippen LogP contribution >= 0.6 is 10.7 Å². The van der Waals surface area contributed by atoms with Gasteiger partial charge in [-0.3, -0.25) is 10.1 Å². The lowest BCUT2D eigenvalue weighted by atomic mass is 9.97. The molecule has 1 aliphatic carbocycles. The fourth-order valence-corrected chi connectivity index (χ4v) is 3.55. The first-order valence-corrected chi connectivity index (χ1v) is 9.00. The number of nitrogens with zero attached hydrogens (tertiary/aromatic N) is 1. The molecule has 6 nitrogen and oxygen atoms in total. The Balaban J connectivity index is 2.45. The van der Waals surface area contributed by atoms with Gasteiger partial charge in [0.1, 0.15) is 10.6 Å². The monoisotopic (exact) mass is 333 g/mol. The molecule has 0 heterocycles. The Hall–Kier alpha value is -1.34. The molecule has 2 rings (SSSR count). The Morgan fingerprint density at radius 3 is 2.43 bits per heavy atom. The highest BCUT2D eigenvalue weighted by atomic mass is 35.7. The summed E-state index contributed by atoms with van der Waals surface area (Å²) in [6, 6.07) is 2.25. The van der Waals surface area contributed by atoms with Gasteiger partial charge in [0.05, 0.1) is 11.0 Å². The van der Waals surface area contributed by atoms with E-state index in [1.54, 1.807) is 6.92 Å². The van der Waals surface area contributed by atoms with Gasteiger partial charge in [-0.2, -0.15) is 0 Å². The summed E-state index contributed by atoms with van der Waals surface area (Å²) in [5.41, 5.74) is 0.0803. The van der Waals surface area contributed by atoms with Crippen LogP contribution in [0.3, 0.4) is 0 Å². The van der Waals surface area contributed by atoms with Gasteiger partial charge in [-0.25, -0.2) is 8.42 Å². The maximum absolute atomic E-state index is 11.7. The number of halogens is 1. The second kappa shape index (κ2) is 6.19. The summed E-state index contributed by atoms with van der Waals surface area (Å²) in [5.74, 6) is 0.127. The molecule has 0 aliphatic heterocycles. The molecule has 0 unspecified atom stereocenters. The number of non-ortho nitro benzene ring substituents is 1. The van der Waals surface area contributed by atoms with Crippen LogP contribution in [0.4, 0.5) is 5.69 Å². The van der Waals surface area contributed by atoms with Gasteiger partial charge in [0.2, 0.25) is 0 Å². The van der Waals surface area contributed by atoms with Crippen molar-refractivity contribution < 1.29 is 18.1 Å². The summed E-state index contributed by atoms with van der Waals surface area (Å²) in [6.07, 6.45) is 4.81. The molecule has 0 spiro atoms. The molecule has 1 aliphatic rings. The third-order valence-electron chi connectivity index (χ3n) is 3.54. The van der Waals surface area contributed by atoms with Gasteiger partial charge in [-0.15, -0.1) is 0 Å². The minimum Gasteiger partial charge on any atom is -0.489 e. The summed E-state index contributed by atoms with van der Waals surface area (Å²) in [4.78, 5) is 9.88. The molecule has 8 heteroatoms. The number of hydrogen-bond donors (Lipinski definition) is 0. The Morgan fingerprint density at radius 2 is 1.90 bits per heavy atom. The highest BCUT2D eigenvalue weighted by molar-refractivity contribution is 8.13. The van der Waals surface area contributed by atoms with Crippen molar-refractivity contribution in [3.8, 4) is 5.75 Å². The number of aryl methyl sites for hydroxylation is 1. The Labute approximate surface area is 127 Å². The molecule has 0 radical (unpaired) electrons. The Bertz CT molecular complexity index is 653. The van der Waals surface area contributed by atoms with E-state index >= 15 is 0 Å². The molecule has 1 fully saturated rings. The average molecular weight is 334 g/mol. The first-order chi connectivity index (χ1) is 9.79. The summed E-state index contributed by atoms with van der Waals surface area (Å²) in [7, 11) is 1.28. The van der Waals surface area contributed by atoms with E-state index in [0.29, 0.717) is 5.56 Å². The molecule has 0 saturated heterocycles. The van der Waals surface area contributed by atoms with Crippen molar-refractivity contribution in [2.45, 2.75) is 50.0 Å². The normalized spacial score (nSPS) is 16.7. The maximum atomic E-state index is 11.7. The predicted molar refractivity (Wildman–Crippen MR) is 78.4 cm³/mol. The lowest BCUT2D eigenvalue weighted by molar-refractivity contribution is -0.385. The van der Waals surface area contributed by atoms with E-state index in [4.69, 9.17) is 15.4 Å². The Kier molecular flexibility index (Phi) is 4.73. The van der Waals surface area contributed by atoms with Crippen molar-refractivity contribution in [3.05, 3.63) is 27.8 Å². The second-order valence-electron chi connectivity index (χ2n) is 5.16. The van der Waals surface area contributed by atoms with Crippen molar-refractivity contribution in [1.82, 2.24) is 0 Å². The van der Waals surface area contributed by atoms with Gasteiger partial charge < -0.3 is 4.74 Å². The van der Waals surface area contributed by atoms with Gasteiger partial charge in [-0.05, 0) is 38.2 Å². The van der Waals surface area contributed by atoms with E-state index in [2.05, 4.69) is 0 Å². The Morgan fingerprint density at radius 1 is 1.29 bits per heavy atom.